The third kappa shape index (κ3) is 5.04. The number of hydrogen-bond donors (Lipinski definition) is 2. The van der Waals surface area contributed by atoms with Gasteiger partial charge in [0.05, 0.1) is 5.25 Å². The Labute approximate surface area is 168 Å². The Hall–Kier alpha value is -3.00. The van der Waals surface area contributed by atoms with E-state index < -0.39 is 0 Å². The van der Waals surface area contributed by atoms with Gasteiger partial charge in [0.2, 0.25) is 11.1 Å². The van der Waals surface area contributed by atoms with E-state index in [4.69, 9.17) is 10.6 Å². The van der Waals surface area contributed by atoms with E-state index >= 15 is 0 Å². The van der Waals surface area contributed by atoms with Crippen LogP contribution in [0.4, 0.5) is 5.69 Å². The SMILES string of the molecule is CCCc1nnc(S[C@@H](C)C(=O)Nc2ccc(Oc3ccccc3)cc2)n1N. The normalized spacial score (nSPS) is 11.8. The number of anilines is 1. The molecular formula is C20H23N5O2S. The third-order valence-corrected chi connectivity index (χ3v) is 5.02. The number of nitrogens with two attached hydrogens (primary N) is 1. The summed E-state index contributed by atoms with van der Waals surface area (Å²) in [5.41, 5.74) is 0.693. The largest absolute Gasteiger partial charge is 0.457 e. The number of carbonyl (C=O) groups excluding carboxylic acids is 1. The molecule has 1 amide bonds. The number of rotatable bonds is 8. The van der Waals surface area contributed by atoms with Crippen molar-refractivity contribution in [2.75, 3.05) is 11.2 Å². The maximum Gasteiger partial charge on any atom is 0.237 e. The standard InChI is InChI=1S/C20H23N5O2S/c1-3-7-18-23-24-20(25(18)21)28-14(2)19(26)22-15-10-12-17(13-11-15)27-16-8-5-4-6-9-16/h4-6,8-14H,3,7,21H2,1-2H3,(H,22,26)/t14-/m0/s1. The number of benzene rings is 2. The van der Waals surface area contributed by atoms with Crippen LogP contribution in [0.2, 0.25) is 0 Å². The fourth-order valence-electron chi connectivity index (χ4n) is 2.47. The van der Waals surface area contributed by atoms with Crippen molar-refractivity contribution in [2.45, 2.75) is 37.1 Å². The molecule has 0 unspecified atom stereocenters. The van der Waals surface area contributed by atoms with Crippen LogP contribution in [0.3, 0.4) is 0 Å². The van der Waals surface area contributed by atoms with Gasteiger partial charge in [0.15, 0.2) is 5.82 Å². The van der Waals surface area contributed by atoms with Crippen LogP contribution in [0.25, 0.3) is 0 Å². The van der Waals surface area contributed by atoms with Crippen molar-refractivity contribution < 1.29 is 9.53 Å². The molecule has 0 spiro atoms. The van der Waals surface area contributed by atoms with E-state index in [9.17, 15) is 4.79 Å². The average Bonchev–Trinajstić information content (AvgIpc) is 3.04. The molecule has 2 aromatic carbocycles. The smallest absolute Gasteiger partial charge is 0.237 e. The Balaban J connectivity index is 1.56. The van der Waals surface area contributed by atoms with Gasteiger partial charge in [-0.1, -0.05) is 36.9 Å². The van der Waals surface area contributed by atoms with Crippen molar-refractivity contribution in [3.8, 4) is 11.5 Å². The predicted octanol–water partition coefficient (Wildman–Crippen LogP) is 3.86. The summed E-state index contributed by atoms with van der Waals surface area (Å²) in [7, 11) is 0. The molecule has 0 saturated carbocycles. The second kappa shape index (κ2) is 9.27. The van der Waals surface area contributed by atoms with Crippen LogP contribution < -0.4 is 15.9 Å². The van der Waals surface area contributed by atoms with Crippen molar-refractivity contribution in [3.63, 3.8) is 0 Å². The Morgan fingerprint density at radius 3 is 2.50 bits per heavy atom. The van der Waals surface area contributed by atoms with Gasteiger partial charge < -0.3 is 15.9 Å². The molecule has 3 N–H and O–H groups in total. The number of nitrogen functional groups attached to an aromatic ring is 1. The molecule has 8 heteroatoms. The number of amides is 1. The average molecular weight is 398 g/mol. The molecule has 7 nitrogen and oxygen atoms in total. The molecule has 0 fully saturated rings. The molecular weight excluding hydrogens is 374 g/mol. The highest BCUT2D eigenvalue weighted by Crippen LogP contribution is 2.25. The first kappa shape index (κ1) is 19.8. The minimum absolute atomic E-state index is 0.137. The second-order valence-corrected chi connectivity index (χ2v) is 7.52. The van der Waals surface area contributed by atoms with Crippen LogP contribution >= 0.6 is 11.8 Å². The zero-order valence-corrected chi connectivity index (χ0v) is 16.6. The summed E-state index contributed by atoms with van der Waals surface area (Å²) in [5.74, 6) is 8.03. The topological polar surface area (TPSA) is 95.1 Å². The third-order valence-electron chi connectivity index (χ3n) is 3.96. The monoisotopic (exact) mass is 397 g/mol. The quantitative estimate of drug-likeness (QED) is 0.443. The number of para-hydroxylation sites is 1. The Morgan fingerprint density at radius 2 is 1.82 bits per heavy atom. The van der Waals surface area contributed by atoms with E-state index in [1.165, 1.54) is 16.4 Å². The summed E-state index contributed by atoms with van der Waals surface area (Å²) in [5, 5.41) is 11.2. The zero-order valence-electron chi connectivity index (χ0n) is 15.8. The summed E-state index contributed by atoms with van der Waals surface area (Å²) in [6.45, 7) is 3.86. The van der Waals surface area contributed by atoms with Crippen molar-refractivity contribution in [1.29, 1.82) is 0 Å². The molecule has 0 bridgehead atoms. The number of nitrogens with zero attached hydrogens (tertiary/aromatic N) is 3. The van der Waals surface area contributed by atoms with Gasteiger partial charge in [-0.05, 0) is 49.7 Å². The highest BCUT2D eigenvalue weighted by Gasteiger charge is 2.19. The molecule has 3 rings (SSSR count). The van der Waals surface area contributed by atoms with Crippen LogP contribution in [-0.4, -0.2) is 26.0 Å². The van der Waals surface area contributed by atoms with Crippen LogP contribution in [0.15, 0.2) is 59.8 Å². The Kier molecular flexibility index (Phi) is 6.54. The number of aryl methyl sites for hydroxylation is 1. The molecule has 1 atom stereocenters. The second-order valence-electron chi connectivity index (χ2n) is 6.21. The van der Waals surface area contributed by atoms with Crippen LogP contribution in [-0.2, 0) is 11.2 Å². The Bertz CT molecular complexity index is 912. The fraction of sp³-hybridized carbons (Fsp3) is 0.250. The first-order valence-corrected chi connectivity index (χ1v) is 9.94. The van der Waals surface area contributed by atoms with Gasteiger partial charge in [-0.15, -0.1) is 10.2 Å². The molecule has 3 aromatic rings. The molecule has 0 aliphatic carbocycles. The molecule has 1 aromatic heterocycles. The minimum atomic E-state index is -0.374. The van der Waals surface area contributed by atoms with Gasteiger partial charge in [-0.2, -0.15) is 0 Å². The number of nitrogens with one attached hydrogen (secondary N) is 1. The molecule has 1 heterocycles. The number of thioether (sulfide) groups is 1. The van der Waals surface area contributed by atoms with Gasteiger partial charge in [0.25, 0.3) is 0 Å². The van der Waals surface area contributed by atoms with E-state index in [1.807, 2.05) is 49.4 Å². The minimum Gasteiger partial charge on any atom is -0.457 e. The van der Waals surface area contributed by atoms with Gasteiger partial charge in [0, 0.05) is 12.1 Å². The summed E-state index contributed by atoms with van der Waals surface area (Å²) < 4.78 is 7.20. The maximum absolute atomic E-state index is 12.5. The highest BCUT2D eigenvalue weighted by atomic mass is 32.2. The van der Waals surface area contributed by atoms with Gasteiger partial charge in [0.1, 0.15) is 11.5 Å². The van der Waals surface area contributed by atoms with E-state index in [1.54, 1.807) is 19.1 Å². The van der Waals surface area contributed by atoms with Crippen LogP contribution in [0, 0.1) is 0 Å². The first-order chi connectivity index (χ1) is 13.6. The molecule has 0 saturated heterocycles. The van der Waals surface area contributed by atoms with Crippen LogP contribution in [0.1, 0.15) is 26.1 Å². The number of aromatic nitrogens is 3. The van der Waals surface area contributed by atoms with Gasteiger partial charge in [-0.25, -0.2) is 4.68 Å². The summed E-state index contributed by atoms with van der Waals surface area (Å²) in [6.07, 6.45) is 1.68. The van der Waals surface area contributed by atoms with Gasteiger partial charge in [-0.3, -0.25) is 4.79 Å². The summed E-state index contributed by atoms with van der Waals surface area (Å²) in [4.78, 5) is 12.5. The number of ether oxygens (including phenoxy) is 1. The molecule has 146 valence electrons. The maximum atomic E-state index is 12.5. The molecule has 0 aliphatic heterocycles. The van der Waals surface area contributed by atoms with Crippen molar-refractivity contribution in [2.24, 2.45) is 0 Å². The van der Waals surface area contributed by atoms with E-state index in [2.05, 4.69) is 15.5 Å². The van der Waals surface area contributed by atoms with Gasteiger partial charge >= 0.3 is 0 Å². The fourth-order valence-corrected chi connectivity index (χ4v) is 3.26. The van der Waals surface area contributed by atoms with Crippen molar-refractivity contribution in [3.05, 3.63) is 60.4 Å². The first-order valence-electron chi connectivity index (χ1n) is 9.06. The molecule has 0 radical (unpaired) electrons. The van der Waals surface area contributed by atoms with Crippen molar-refractivity contribution in [1.82, 2.24) is 14.9 Å². The lowest BCUT2D eigenvalue weighted by atomic mass is 10.3. The lowest BCUT2D eigenvalue weighted by molar-refractivity contribution is -0.115. The predicted molar refractivity (Wildman–Crippen MR) is 111 cm³/mol. The lowest BCUT2D eigenvalue weighted by Crippen LogP contribution is -2.23. The molecule has 28 heavy (non-hydrogen) atoms. The van der Waals surface area contributed by atoms with E-state index in [0.29, 0.717) is 22.4 Å². The Morgan fingerprint density at radius 1 is 1.14 bits per heavy atom. The van der Waals surface area contributed by atoms with E-state index in [0.717, 1.165) is 18.6 Å². The van der Waals surface area contributed by atoms with Crippen molar-refractivity contribution >= 4 is 23.4 Å². The lowest BCUT2D eigenvalue weighted by Gasteiger charge is -2.12. The van der Waals surface area contributed by atoms with Crippen LogP contribution in [0.5, 0.6) is 11.5 Å². The summed E-state index contributed by atoms with van der Waals surface area (Å²) in [6, 6.07) is 16.8. The highest BCUT2D eigenvalue weighted by molar-refractivity contribution is 8.00. The summed E-state index contributed by atoms with van der Waals surface area (Å²) >= 11 is 1.28. The molecule has 0 aliphatic rings. The zero-order chi connectivity index (χ0) is 19.9. The number of hydrogen-bond acceptors (Lipinski definition) is 6. The number of carbonyl (C=O) groups is 1. The van der Waals surface area contributed by atoms with E-state index in [-0.39, 0.29) is 11.2 Å².